The standard InChI is InChI=1S/C15H23BrClN/c1-4-11(5-2)10-14(18-6-3)12-8-7-9-13(16)15(12)17/h7-9,11,14,18H,4-6,10H2,1-3H3. The van der Waals surface area contributed by atoms with E-state index in [9.17, 15) is 0 Å². The number of nitrogens with one attached hydrogen (secondary N) is 1. The van der Waals surface area contributed by atoms with Gasteiger partial charge in [-0.2, -0.15) is 0 Å². The molecule has 1 nitrogen and oxygen atoms in total. The van der Waals surface area contributed by atoms with Gasteiger partial charge in [0.1, 0.15) is 0 Å². The van der Waals surface area contributed by atoms with Gasteiger partial charge in [-0.3, -0.25) is 0 Å². The highest BCUT2D eigenvalue weighted by atomic mass is 79.9. The molecule has 0 aliphatic rings. The number of hydrogen-bond donors (Lipinski definition) is 1. The van der Waals surface area contributed by atoms with E-state index in [1.54, 1.807) is 0 Å². The lowest BCUT2D eigenvalue weighted by Gasteiger charge is -2.24. The van der Waals surface area contributed by atoms with Crippen LogP contribution in [-0.4, -0.2) is 6.54 Å². The Morgan fingerprint density at radius 3 is 2.44 bits per heavy atom. The van der Waals surface area contributed by atoms with Crippen molar-refractivity contribution in [3.05, 3.63) is 33.3 Å². The van der Waals surface area contributed by atoms with E-state index in [4.69, 9.17) is 11.6 Å². The number of benzene rings is 1. The van der Waals surface area contributed by atoms with Crippen LogP contribution in [0.1, 0.15) is 51.6 Å². The Hall–Kier alpha value is -0.0500. The summed E-state index contributed by atoms with van der Waals surface area (Å²) in [6.07, 6.45) is 3.60. The van der Waals surface area contributed by atoms with E-state index in [2.05, 4.69) is 54.2 Å². The highest BCUT2D eigenvalue weighted by molar-refractivity contribution is 9.10. The van der Waals surface area contributed by atoms with Crippen LogP contribution < -0.4 is 5.32 Å². The molecule has 0 aliphatic carbocycles. The number of rotatable bonds is 7. The SMILES string of the molecule is CCNC(CC(CC)CC)c1cccc(Br)c1Cl. The van der Waals surface area contributed by atoms with E-state index in [-0.39, 0.29) is 0 Å². The quantitative estimate of drug-likeness (QED) is 0.687. The minimum absolute atomic E-state index is 0.352. The third kappa shape index (κ3) is 4.25. The normalized spacial score (nSPS) is 13.0. The minimum atomic E-state index is 0.352. The van der Waals surface area contributed by atoms with Crippen molar-refractivity contribution in [3.63, 3.8) is 0 Å². The maximum absolute atomic E-state index is 6.41. The second-order valence-electron chi connectivity index (χ2n) is 4.67. The van der Waals surface area contributed by atoms with Gasteiger partial charge >= 0.3 is 0 Å². The van der Waals surface area contributed by atoms with Crippen molar-refractivity contribution in [2.75, 3.05) is 6.54 Å². The van der Waals surface area contributed by atoms with Crippen LogP contribution in [-0.2, 0) is 0 Å². The van der Waals surface area contributed by atoms with Crippen molar-refractivity contribution in [3.8, 4) is 0 Å². The summed E-state index contributed by atoms with van der Waals surface area (Å²) in [6.45, 7) is 7.64. The molecule has 0 radical (unpaired) electrons. The van der Waals surface area contributed by atoms with Crippen molar-refractivity contribution in [1.29, 1.82) is 0 Å². The van der Waals surface area contributed by atoms with Gasteiger partial charge in [-0.25, -0.2) is 0 Å². The van der Waals surface area contributed by atoms with Crippen LogP contribution in [0, 0.1) is 5.92 Å². The molecular weight excluding hydrogens is 310 g/mol. The van der Waals surface area contributed by atoms with Gasteiger partial charge in [0, 0.05) is 10.5 Å². The molecule has 3 heteroatoms. The Balaban J connectivity index is 2.93. The molecular formula is C15H23BrClN. The van der Waals surface area contributed by atoms with Crippen LogP contribution in [0.5, 0.6) is 0 Å². The maximum Gasteiger partial charge on any atom is 0.0595 e. The molecule has 0 aromatic heterocycles. The molecule has 1 rings (SSSR count). The summed E-state index contributed by atoms with van der Waals surface area (Å²) in [5.74, 6) is 0.754. The highest BCUT2D eigenvalue weighted by Gasteiger charge is 2.18. The topological polar surface area (TPSA) is 12.0 Å². The van der Waals surface area contributed by atoms with Crippen molar-refractivity contribution in [1.82, 2.24) is 5.32 Å². The molecule has 0 saturated heterocycles. The van der Waals surface area contributed by atoms with Gasteiger partial charge in [0.25, 0.3) is 0 Å². The summed E-state index contributed by atoms with van der Waals surface area (Å²) in [4.78, 5) is 0. The summed E-state index contributed by atoms with van der Waals surface area (Å²) < 4.78 is 0.981. The first-order valence-electron chi connectivity index (χ1n) is 6.81. The van der Waals surface area contributed by atoms with Gasteiger partial charge < -0.3 is 5.32 Å². The first-order chi connectivity index (χ1) is 8.63. The predicted molar refractivity (Wildman–Crippen MR) is 84.3 cm³/mol. The molecule has 0 saturated carbocycles. The molecule has 0 bridgehead atoms. The lowest BCUT2D eigenvalue weighted by Crippen LogP contribution is -2.23. The predicted octanol–water partition coefficient (Wildman–Crippen LogP) is 5.58. The summed E-state index contributed by atoms with van der Waals surface area (Å²) in [5, 5.41) is 4.40. The lowest BCUT2D eigenvalue weighted by molar-refractivity contribution is 0.375. The second kappa shape index (κ2) is 8.19. The maximum atomic E-state index is 6.41. The van der Waals surface area contributed by atoms with Crippen molar-refractivity contribution < 1.29 is 0 Å². The van der Waals surface area contributed by atoms with Crippen LogP contribution in [0.25, 0.3) is 0 Å². The van der Waals surface area contributed by atoms with Crippen molar-refractivity contribution >= 4 is 27.5 Å². The molecule has 1 aromatic carbocycles. The Labute approximate surface area is 124 Å². The minimum Gasteiger partial charge on any atom is -0.310 e. The fraction of sp³-hybridized carbons (Fsp3) is 0.600. The lowest BCUT2D eigenvalue weighted by atomic mass is 9.91. The second-order valence-corrected chi connectivity index (χ2v) is 5.90. The van der Waals surface area contributed by atoms with Crippen LogP contribution >= 0.6 is 27.5 Å². The number of halogens is 2. The van der Waals surface area contributed by atoms with Gasteiger partial charge in [-0.1, -0.05) is 57.3 Å². The average Bonchev–Trinajstić information content (AvgIpc) is 2.38. The molecule has 0 amide bonds. The third-order valence-corrected chi connectivity index (χ3v) is 4.84. The smallest absolute Gasteiger partial charge is 0.0595 e. The van der Waals surface area contributed by atoms with Crippen LogP contribution in [0.15, 0.2) is 22.7 Å². The van der Waals surface area contributed by atoms with E-state index >= 15 is 0 Å². The van der Waals surface area contributed by atoms with Crippen molar-refractivity contribution in [2.45, 2.75) is 46.1 Å². The largest absolute Gasteiger partial charge is 0.310 e. The zero-order chi connectivity index (χ0) is 13.5. The molecule has 1 atom stereocenters. The first kappa shape index (κ1) is 16.0. The van der Waals surface area contributed by atoms with Gasteiger partial charge in [0.2, 0.25) is 0 Å². The molecule has 0 fully saturated rings. The monoisotopic (exact) mass is 331 g/mol. The molecule has 0 heterocycles. The summed E-state index contributed by atoms with van der Waals surface area (Å²) in [7, 11) is 0. The summed E-state index contributed by atoms with van der Waals surface area (Å²) >= 11 is 9.91. The van der Waals surface area contributed by atoms with E-state index in [1.807, 2.05) is 6.07 Å². The first-order valence-corrected chi connectivity index (χ1v) is 7.98. The van der Waals surface area contributed by atoms with Crippen LogP contribution in [0.4, 0.5) is 0 Å². The fourth-order valence-electron chi connectivity index (χ4n) is 2.31. The summed E-state index contributed by atoms with van der Waals surface area (Å²) in [5.41, 5.74) is 1.21. The summed E-state index contributed by atoms with van der Waals surface area (Å²) in [6, 6.07) is 6.53. The van der Waals surface area contributed by atoms with Crippen LogP contribution in [0.3, 0.4) is 0 Å². The fourth-order valence-corrected chi connectivity index (χ4v) is 2.95. The molecule has 1 unspecified atom stereocenters. The van der Waals surface area contributed by atoms with Crippen molar-refractivity contribution in [2.24, 2.45) is 5.92 Å². The Morgan fingerprint density at radius 1 is 1.22 bits per heavy atom. The Morgan fingerprint density at radius 2 is 1.89 bits per heavy atom. The van der Waals surface area contributed by atoms with E-state index in [1.165, 1.54) is 18.4 Å². The Bertz CT molecular complexity index is 364. The third-order valence-electron chi connectivity index (χ3n) is 3.53. The van der Waals surface area contributed by atoms with E-state index < -0.39 is 0 Å². The molecule has 1 aromatic rings. The zero-order valence-electron chi connectivity index (χ0n) is 11.5. The molecule has 0 spiro atoms. The highest BCUT2D eigenvalue weighted by Crippen LogP contribution is 2.34. The van der Waals surface area contributed by atoms with Gasteiger partial charge in [-0.05, 0) is 46.4 Å². The van der Waals surface area contributed by atoms with E-state index in [0.29, 0.717) is 6.04 Å². The van der Waals surface area contributed by atoms with Gasteiger partial charge in [0.05, 0.1) is 5.02 Å². The molecule has 0 aliphatic heterocycles. The molecule has 102 valence electrons. The van der Waals surface area contributed by atoms with Gasteiger partial charge in [-0.15, -0.1) is 0 Å². The van der Waals surface area contributed by atoms with E-state index in [0.717, 1.165) is 28.4 Å². The average molecular weight is 333 g/mol. The van der Waals surface area contributed by atoms with Crippen LogP contribution in [0.2, 0.25) is 5.02 Å². The zero-order valence-corrected chi connectivity index (χ0v) is 13.8. The molecule has 1 N–H and O–H groups in total. The van der Waals surface area contributed by atoms with Gasteiger partial charge in [0.15, 0.2) is 0 Å². The number of hydrogen-bond acceptors (Lipinski definition) is 1. The Kier molecular flexibility index (Phi) is 7.28. The molecule has 18 heavy (non-hydrogen) atoms.